The molecule has 0 aliphatic carbocycles. The van der Waals surface area contributed by atoms with Crippen LogP contribution in [-0.2, 0) is 9.59 Å². The number of hydrogen-bond acceptors (Lipinski definition) is 5. The van der Waals surface area contributed by atoms with Crippen LogP contribution in [0.1, 0.15) is 18.9 Å². The van der Waals surface area contributed by atoms with E-state index in [2.05, 4.69) is 10.6 Å². The third-order valence-corrected chi connectivity index (χ3v) is 5.97. The standard InChI is InChI=1S/C25H23N3O4S/c1-2-23(25(30)27-19-12-14-21(15-13-19)28(31)32)33-22-10-6-9-20(17-22)26-24(29)16-11-18-7-4-3-5-8-18/h3-17,23H,2H2,1H3,(H,26,29)(H,27,30)/b16-11+. The number of amides is 2. The summed E-state index contributed by atoms with van der Waals surface area (Å²) in [5, 5.41) is 16.0. The summed E-state index contributed by atoms with van der Waals surface area (Å²) in [6.07, 6.45) is 3.80. The van der Waals surface area contributed by atoms with Gasteiger partial charge in [0.2, 0.25) is 11.8 Å². The van der Waals surface area contributed by atoms with E-state index in [1.165, 1.54) is 42.1 Å². The quantitative estimate of drug-likeness (QED) is 0.183. The van der Waals surface area contributed by atoms with Gasteiger partial charge in [0, 0.05) is 34.5 Å². The van der Waals surface area contributed by atoms with Crippen LogP contribution in [0.3, 0.4) is 0 Å². The highest BCUT2D eigenvalue weighted by atomic mass is 32.2. The van der Waals surface area contributed by atoms with E-state index in [0.29, 0.717) is 17.8 Å². The Morgan fingerprint density at radius 1 is 0.970 bits per heavy atom. The van der Waals surface area contributed by atoms with Gasteiger partial charge < -0.3 is 10.6 Å². The first-order chi connectivity index (χ1) is 15.9. The number of carbonyl (C=O) groups excluding carboxylic acids is 2. The van der Waals surface area contributed by atoms with Gasteiger partial charge in [0.1, 0.15) is 0 Å². The van der Waals surface area contributed by atoms with Crippen LogP contribution in [-0.4, -0.2) is 22.0 Å². The second-order valence-electron chi connectivity index (χ2n) is 7.07. The molecule has 0 aliphatic rings. The number of thioether (sulfide) groups is 1. The van der Waals surface area contributed by atoms with Crippen LogP contribution >= 0.6 is 11.8 Å². The van der Waals surface area contributed by atoms with E-state index >= 15 is 0 Å². The number of carbonyl (C=O) groups is 2. The zero-order valence-corrected chi connectivity index (χ0v) is 18.7. The number of benzene rings is 3. The molecule has 7 nitrogen and oxygen atoms in total. The maximum Gasteiger partial charge on any atom is 0.269 e. The highest BCUT2D eigenvalue weighted by molar-refractivity contribution is 8.00. The SMILES string of the molecule is CCC(Sc1cccc(NC(=O)/C=C/c2ccccc2)c1)C(=O)Nc1ccc([N+](=O)[O-])cc1. The first kappa shape index (κ1) is 23.7. The molecule has 0 heterocycles. The van der Waals surface area contributed by atoms with Gasteiger partial charge in [0.05, 0.1) is 10.2 Å². The molecule has 0 saturated heterocycles. The first-order valence-corrected chi connectivity index (χ1v) is 11.2. The van der Waals surface area contributed by atoms with Crippen molar-refractivity contribution < 1.29 is 14.5 Å². The number of rotatable bonds is 9. The molecule has 0 aliphatic heterocycles. The predicted octanol–water partition coefficient (Wildman–Crippen LogP) is 5.76. The van der Waals surface area contributed by atoms with Crippen LogP contribution < -0.4 is 10.6 Å². The Balaban J connectivity index is 1.60. The van der Waals surface area contributed by atoms with Gasteiger partial charge in [0.25, 0.3) is 5.69 Å². The molecule has 0 fully saturated rings. The van der Waals surface area contributed by atoms with Crippen LogP contribution in [0.15, 0.2) is 89.8 Å². The second-order valence-corrected chi connectivity index (χ2v) is 8.35. The van der Waals surface area contributed by atoms with Crippen LogP contribution in [0.25, 0.3) is 6.08 Å². The maximum absolute atomic E-state index is 12.7. The number of nitro benzene ring substituents is 1. The minimum atomic E-state index is -0.487. The van der Waals surface area contributed by atoms with Gasteiger partial charge in [-0.25, -0.2) is 0 Å². The normalized spacial score (nSPS) is 11.7. The number of nitrogens with one attached hydrogen (secondary N) is 2. The average Bonchev–Trinajstić information content (AvgIpc) is 2.82. The fourth-order valence-corrected chi connectivity index (χ4v) is 3.96. The highest BCUT2D eigenvalue weighted by Gasteiger charge is 2.19. The van der Waals surface area contributed by atoms with E-state index in [1.54, 1.807) is 12.1 Å². The maximum atomic E-state index is 12.7. The zero-order chi connectivity index (χ0) is 23.6. The molecular formula is C25H23N3O4S. The molecule has 2 N–H and O–H groups in total. The Morgan fingerprint density at radius 2 is 1.70 bits per heavy atom. The van der Waals surface area contributed by atoms with Crippen molar-refractivity contribution in [3.05, 3.63) is 101 Å². The third-order valence-electron chi connectivity index (χ3n) is 4.62. The van der Waals surface area contributed by atoms with Crippen molar-refractivity contribution in [3.63, 3.8) is 0 Å². The van der Waals surface area contributed by atoms with E-state index in [-0.39, 0.29) is 22.8 Å². The number of nitrogens with zero attached hydrogens (tertiary/aromatic N) is 1. The van der Waals surface area contributed by atoms with Crippen LogP contribution in [0, 0.1) is 10.1 Å². The third kappa shape index (κ3) is 7.33. The topological polar surface area (TPSA) is 101 Å². The molecule has 33 heavy (non-hydrogen) atoms. The van der Waals surface area contributed by atoms with Gasteiger partial charge in [-0.15, -0.1) is 11.8 Å². The Bertz CT molecular complexity index is 1150. The van der Waals surface area contributed by atoms with Crippen LogP contribution in [0.5, 0.6) is 0 Å². The number of non-ortho nitro benzene ring substituents is 1. The summed E-state index contributed by atoms with van der Waals surface area (Å²) >= 11 is 1.39. The Kier molecular flexibility index (Phi) is 8.37. The van der Waals surface area contributed by atoms with E-state index in [4.69, 9.17) is 0 Å². The summed E-state index contributed by atoms with van der Waals surface area (Å²) in [6.45, 7) is 1.91. The molecular weight excluding hydrogens is 438 g/mol. The van der Waals surface area contributed by atoms with E-state index < -0.39 is 4.92 Å². The Morgan fingerprint density at radius 3 is 2.36 bits per heavy atom. The van der Waals surface area contributed by atoms with Gasteiger partial charge in [-0.05, 0) is 48.4 Å². The van der Waals surface area contributed by atoms with Crippen molar-refractivity contribution in [2.45, 2.75) is 23.5 Å². The summed E-state index contributed by atoms with van der Waals surface area (Å²) in [5.41, 5.74) is 2.03. The molecule has 3 rings (SSSR count). The van der Waals surface area contributed by atoms with Crippen LogP contribution in [0.4, 0.5) is 17.1 Å². The summed E-state index contributed by atoms with van der Waals surface area (Å²) in [6, 6.07) is 22.6. The number of hydrogen-bond donors (Lipinski definition) is 2. The molecule has 3 aromatic rings. The van der Waals surface area contributed by atoms with Gasteiger partial charge in [-0.2, -0.15) is 0 Å². The van der Waals surface area contributed by atoms with Crippen LogP contribution in [0.2, 0.25) is 0 Å². The number of nitro groups is 1. The van der Waals surface area contributed by atoms with E-state index in [0.717, 1.165) is 10.5 Å². The monoisotopic (exact) mass is 461 g/mol. The molecule has 0 radical (unpaired) electrons. The van der Waals surface area contributed by atoms with Gasteiger partial charge in [0.15, 0.2) is 0 Å². The molecule has 1 atom stereocenters. The summed E-state index contributed by atoms with van der Waals surface area (Å²) < 4.78 is 0. The second kappa shape index (κ2) is 11.6. The molecule has 8 heteroatoms. The molecule has 168 valence electrons. The zero-order valence-electron chi connectivity index (χ0n) is 17.9. The van der Waals surface area contributed by atoms with Crippen molar-refractivity contribution in [2.24, 2.45) is 0 Å². The summed E-state index contributed by atoms with van der Waals surface area (Å²) in [4.78, 5) is 36.1. The average molecular weight is 462 g/mol. The summed E-state index contributed by atoms with van der Waals surface area (Å²) in [5.74, 6) is -0.444. The minimum Gasteiger partial charge on any atom is -0.325 e. The Labute approximate surface area is 196 Å². The molecule has 0 aromatic heterocycles. The van der Waals surface area contributed by atoms with E-state index in [1.807, 2.05) is 55.5 Å². The molecule has 0 saturated carbocycles. The largest absolute Gasteiger partial charge is 0.325 e. The first-order valence-electron chi connectivity index (χ1n) is 10.3. The lowest BCUT2D eigenvalue weighted by molar-refractivity contribution is -0.384. The van der Waals surface area contributed by atoms with Crippen molar-refractivity contribution in [3.8, 4) is 0 Å². The fourth-order valence-electron chi connectivity index (χ4n) is 2.94. The lowest BCUT2D eigenvalue weighted by Crippen LogP contribution is -2.24. The van der Waals surface area contributed by atoms with Gasteiger partial charge in [-0.3, -0.25) is 19.7 Å². The molecule has 0 bridgehead atoms. The van der Waals surface area contributed by atoms with Gasteiger partial charge in [-0.1, -0.05) is 43.3 Å². The van der Waals surface area contributed by atoms with Crippen molar-refractivity contribution in [2.75, 3.05) is 10.6 Å². The summed E-state index contributed by atoms with van der Waals surface area (Å²) in [7, 11) is 0. The van der Waals surface area contributed by atoms with Gasteiger partial charge >= 0.3 is 0 Å². The predicted molar refractivity (Wildman–Crippen MR) is 132 cm³/mol. The molecule has 1 unspecified atom stereocenters. The Hall–Kier alpha value is -3.91. The minimum absolute atomic E-state index is 0.0353. The molecule has 0 spiro atoms. The molecule has 3 aromatic carbocycles. The van der Waals surface area contributed by atoms with Crippen molar-refractivity contribution in [1.29, 1.82) is 0 Å². The molecule has 2 amide bonds. The smallest absolute Gasteiger partial charge is 0.269 e. The lowest BCUT2D eigenvalue weighted by atomic mass is 10.2. The number of anilines is 2. The van der Waals surface area contributed by atoms with Crippen molar-refractivity contribution in [1.82, 2.24) is 0 Å². The van der Waals surface area contributed by atoms with E-state index in [9.17, 15) is 19.7 Å². The fraction of sp³-hybridized carbons (Fsp3) is 0.120. The lowest BCUT2D eigenvalue weighted by Gasteiger charge is -2.15. The van der Waals surface area contributed by atoms with Crippen molar-refractivity contribution >= 4 is 46.7 Å². The highest BCUT2D eigenvalue weighted by Crippen LogP contribution is 2.29.